The van der Waals surface area contributed by atoms with Crippen molar-refractivity contribution in [2.75, 3.05) is 13.1 Å². The van der Waals surface area contributed by atoms with Crippen molar-refractivity contribution in [3.8, 4) is 0 Å². The van der Waals surface area contributed by atoms with Crippen LogP contribution in [0.1, 0.15) is 19.8 Å². The fraction of sp³-hybridized carbons (Fsp3) is 0.750. The lowest BCUT2D eigenvalue weighted by molar-refractivity contribution is -0.173. The number of nitrogens with one attached hydrogen (secondary N) is 2. The number of carbonyl (C=O) groups is 2. The fourth-order valence-electron chi connectivity index (χ4n) is 0.743. The second-order valence-electron chi connectivity index (χ2n) is 2.85. The molecule has 0 aromatic heterocycles. The average Bonchev–Trinajstić information content (AvgIpc) is 2.13. The summed E-state index contributed by atoms with van der Waals surface area (Å²) >= 11 is 0. The summed E-state index contributed by atoms with van der Waals surface area (Å²) in [5.74, 6) is -2.40. The third-order valence-corrected chi connectivity index (χ3v) is 1.47. The van der Waals surface area contributed by atoms with E-state index in [4.69, 9.17) is 0 Å². The zero-order valence-corrected chi connectivity index (χ0v) is 8.28. The van der Waals surface area contributed by atoms with Crippen LogP contribution in [0.5, 0.6) is 0 Å². The Kier molecular flexibility index (Phi) is 5.73. The van der Waals surface area contributed by atoms with E-state index >= 15 is 0 Å². The molecule has 88 valence electrons. The van der Waals surface area contributed by atoms with Crippen molar-refractivity contribution >= 4 is 11.8 Å². The lowest BCUT2D eigenvalue weighted by Gasteiger charge is -2.07. The summed E-state index contributed by atoms with van der Waals surface area (Å²) in [4.78, 5) is 21.2. The molecule has 0 heterocycles. The highest BCUT2D eigenvalue weighted by Crippen LogP contribution is 2.13. The van der Waals surface area contributed by atoms with E-state index in [1.165, 1.54) is 0 Å². The van der Waals surface area contributed by atoms with Crippen molar-refractivity contribution < 1.29 is 22.8 Å². The number of hydrogen-bond acceptors (Lipinski definition) is 2. The van der Waals surface area contributed by atoms with Crippen LogP contribution in [-0.2, 0) is 9.59 Å². The third kappa shape index (κ3) is 6.75. The van der Waals surface area contributed by atoms with E-state index < -0.39 is 12.1 Å². The Morgan fingerprint density at radius 2 is 1.73 bits per heavy atom. The standard InChI is InChI=1S/C8H13F3N2O2/c1-2-4-12-6(14)3-5-13-7(15)8(9,10)11/h2-5H2,1H3,(H,12,14)(H,13,15). The molecular weight excluding hydrogens is 213 g/mol. The molecule has 0 saturated carbocycles. The van der Waals surface area contributed by atoms with Crippen LogP contribution < -0.4 is 10.6 Å². The molecule has 0 aliphatic heterocycles. The van der Waals surface area contributed by atoms with E-state index in [1.807, 2.05) is 6.92 Å². The number of amides is 2. The summed E-state index contributed by atoms with van der Waals surface area (Å²) < 4.78 is 35.0. The van der Waals surface area contributed by atoms with Crippen molar-refractivity contribution in [2.24, 2.45) is 0 Å². The van der Waals surface area contributed by atoms with Crippen LogP contribution in [0.4, 0.5) is 13.2 Å². The summed E-state index contributed by atoms with van der Waals surface area (Å²) in [5.41, 5.74) is 0. The van der Waals surface area contributed by atoms with E-state index in [-0.39, 0.29) is 18.9 Å². The lowest BCUT2D eigenvalue weighted by Crippen LogP contribution is -2.38. The van der Waals surface area contributed by atoms with Gasteiger partial charge in [-0.1, -0.05) is 6.92 Å². The molecule has 0 radical (unpaired) electrons. The molecule has 4 nitrogen and oxygen atoms in total. The van der Waals surface area contributed by atoms with Gasteiger partial charge < -0.3 is 10.6 Å². The average molecular weight is 226 g/mol. The second kappa shape index (κ2) is 6.26. The molecule has 0 spiro atoms. The molecule has 0 aromatic rings. The van der Waals surface area contributed by atoms with E-state index in [0.29, 0.717) is 6.54 Å². The van der Waals surface area contributed by atoms with Gasteiger partial charge in [0.15, 0.2) is 0 Å². The second-order valence-corrected chi connectivity index (χ2v) is 2.85. The predicted molar refractivity (Wildman–Crippen MR) is 47.0 cm³/mol. The van der Waals surface area contributed by atoms with Crippen LogP contribution in [0, 0.1) is 0 Å². The summed E-state index contributed by atoms with van der Waals surface area (Å²) in [6, 6.07) is 0. The first-order valence-corrected chi connectivity index (χ1v) is 4.49. The van der Waals surface area contributed by atoms with E-state index in [9.17, 15) is 22.8 Å². The molecule has 0 atom stereocenters. The van der Waals surface area contributed by atoms with Gasteiger partial charge in [-0.2, -0.15) is 13.2 Å². The zero-order valence-electron chi connectivity index (χ0n) is 8.28. The SMILES string of the molecule is CCCNC(=O)CCNC(=O)C(F)(F)F. The van der Waals surface area contributed by atoms with Crippen molar-refractivity contribution in [3.63, 3.8) is 0 Å². The van der Waals surface area contributed by atoms with Gasteiger partial charge in [-0.15, -0.1) is 0 Å². The van der Waals surface area contributed by atoms with E-state index in [1.54, 1.807) is 5.32 Å². The Morgan fingerprint density at radius 3 is 2.20 bits per heavy atom. The maximum atomic E-state index is 11.7. The Balaban J connectivity index is 3.62. The van der Waals surface area contributed by atoms with E-state index in [2.05, 4.69) is 5.32 Å². The molecule has 0 aromatic carbocycles. The minimum atomic E-state index is -4.89. The van der Waals surface area contributed by atoms with Crippen LogP contribution in [0.2, 0.25) is 0 Å². The molecule has 2 amide bonds. The molecule has 0 bridgehead atoms. The van der Waals surface area contributed by atoms with Gasteiger partial charge in [0.05, 0.1) is 0 Å². The quantitative estimate of drug-likeness (QED) is 0.720. The summed E-state index contributed by atoms with van der Waals surface area (Å²) in [7, 11) is 0. The number of halogens is 3. The molecule has 0 aliphatic rings. The van der Waals surface area contributed by atoms with Gasteiger partial charge in [0, 0.05) is 19.5 Å². The Hall–Kier alpha value is -1.27. The first kappa shape index (κ1) is 13.7. The number of hydrogen-bond donors (Lipinski definition) is 2. The predicted octanol–water partition coefficient (Wildman–Crippen LogP) is 0.581. The van der Waals surface area contributed by atoms with Crippen LogP contribution in [-0.4, -0.2) is 31.1 Å². The third-order valence-electron chi connectivity index (χ3n) is 1.47. The Morgan fingerprint density at radius 1 is 1.13 bits per heavy atom. The Bertz CT molecular complexity index is 228. The van der Waals surface area contributed by atoms with Gasteiger partial charge in [-0.25, -0.2) is 0 Å². The van der Waals surface area contributed by atoms with Crippen LogP contribution in [0.3, 0.4) is 0 Å². The minimum absolute atomic E-state index is 0.151. The molecular formula is C8H13F3N2O2. The molecule has 0 aliphatic carbocycles. The van der Waals surface area contributed by atoms with Gasteiger partial charge in [0.1, 0.15) is 0 Å². The van der Waals surface area contributed by atoms with Crippen LogP contribution in [0.25, 0.3) is 0 Å². The van der Waals surface area contributed by atoms with Gasteiger partial charge >= 0.3 is 12.1 Å². The number of alkyl halides is 3. The van der Waals surface area contributed by atoms with Crippen LogP contribution in [0.15, 0.2) is 0 Å². The molecule has 7 heteroatoms. The minimum Gasteiger partial charge on any atom is -0.356 e. The zero-order chi connectivity index (χ0) is 11.9. The van der Waals surface area contributed by atoms with Gasteiger partial charge in [0.2, 0.25) is 5.91 Å². The van der Waals surface area contributed by atoms with Crippen molar-refractivity contribution in [2.45, 2.75) is 25.9 Å². The first-order valence-electron chi connectivity index (χ1n) is 4.49. The highest BCUT2D eigenvalue weighted by atomic mass is 19.4. The highest BCUT2D eigenvalue weighted by molar-refractivity contribution is 5.82. The smallest absolute Gasteiger partial charge is 0.356 e. The monoisotopic (exact) mass is 226 g/mol. The molecule has 0 fully saturated rings. The number of rotatable bonds is 5. The maximum absolute atomic E-state index is 11.7. The topological polar surface area (TPSA) is 58.2 Å². The molecule has 15 heavy (non-hydrogen) atoms. The van der Waals surface area contributed by atoms with Crippen LogP contribution >= 0.6 is 0 Å². The molecule has 0 rings (SSSR count). The van der Waals surface area contributed by atoms with Crippen molar-refractivity contribution in [1.82, 2.24) is 10.6 Å². The van der Waals surface area contributed by atoms with Crippen molar-refractivity contribution in [1.29, 1.82) is 0 Å². The maximum Gasteiger partial charge on any atom is 0.471 e. The highest BCUT2D eigenvalue weighted by Gasteiger charge is 2.38. The fourth-order valence-corrected chi connectivity index (χ4v) is 0.743. The largest absolute Gasteiger partial charge is 0.471 e. The first-order chi connectivity index (χ1) is 6.88. The molecule has 0 unspecified atom stereocenters. The molecule has 2 N–H and O–H groups in total. The van der Waals surface area contributed by atoms with Crippen molar-refractivity contribution in [3.05, 3.63) is 0 Å². The van der Waals surface area contributed by atoms with Gasteiger partial charge in [0.25, 0.3) is 0 Å². The van der Waals surface area contributed by atoms with Gasteiger partial charge in [-0.05, 0) is 6.42 Å². The number of carbonyl (C=O) groups excluding carboxylic acids is 2. The Labute approximate surface area is 85.2 Å². The summed E-state index contributed by atoms with van der Waals surface area (Å²) in [6.45, 7) is 2.02. The van der Waals surface area contributed by atoms with E-state index in [0.717, 1.165) is 6.42 Å². The van der Waals surface area contributed by atoms with Gasteiger partial charge in [-0.3, -0.25) is 9.59 Å². The normalized spacial score (nSPS) is 10.9. The summed E-state index contributed by atoms with van der Waals surface area (Å²) in [5, 5.41) is 4.08. The molecule has 0 saturated heterocycles. The lowest BCUT2D eigenvalue weighted by atomic mass is 10.3. The summed E-state index contributed by atoms with van der Waals surface area (Å²) in [6.07, 6.45) is -4.29.